The van der Waals surface area contributed by atoms with E-state index in [0.29, 0.717) is 6.42 Å². The Bertz CT molecular complexity index is 1080. The van der Waals surface area contributed by atoms with Crippen LogP contribution in [0, 0.1) is 0 Å². The van der Waals surface area contributed by atoms with Gasteiger partial charge in [-0.3, -0.25) is 4.79 Å². The minimum Gasteiger partial charge on any atom is -0.394 e. The van der Waals surface area contributed by atoms with Crippen LogP contribution < -0.4 is 5.32 Å². The van der Waals surface area contributed by atoms with E-state index >= 15 is 0 Å². The van der Waals surface area contributed by atoms with Crippen LogP contribution in [0.25, 0.3) is 0 Å². The van der Waals surface area contributed by atoms with Crippen LogP contribution in [0.4, 0.5) is 0 Å². The lowest BCUT2D eigenvalue weighted by molar-refractivity contribution is -0.302. The summed E-state index contributed by atoms with van der Waals surface area (Å²) in [5, 5.41) is 54.3. The van der Waals surface area contributed by atoms with E-state index in [-0.39, 0.29) is 12.5 Å². The van der Waals surface area contributed by atoms with Crippen molar-refractivity contribution in [1.29, 1.82) is 0 Å². The first-order valence-corrected chi connectivity index (χ1v) is 24.9. The van der Waals surface area contributed by atoms with Crippen molar-refractivity contribution < 1.29 is 39.8 Å². The number of ether oxygens (including phenoxy) is 2. The van der Waals surface area contributed by atoms with Crippen LogP contribution in [0.5, 0.6) is 0 Å². The van der Waals surface area contributed by atoms with Gasteiger partial charge in [0.1, 0.15) is 24.4 Å². The molecule has 1 amide bonds. The average molecular weight is 848 g/mol. The van der Waals surface area contributed by atoms with E-state index in [1.165, 1.54) is 122 Å². The van der Waals surface area contributed by atoms with Crippen LogP contribution >= 0.6 is 0 Å². The highest BCUT2D eigenvalue weighted by Gasteiger charge is 2.44. The molecule has 350 valence electrons. The Kier molecular flexibility index (Phi) is 38.5. The maximum absolute atomic E-state index is 13.0. The minimum atomic E-state index is -1.57. The molecule has 1 fully saturated rings. The standard InChI is InChI=1S/C51H93NO8/c1-3-5-7-9-11-13-15-17-19-21-22-23-25-26-28-30-32-34-36-38-40-45(54)44(43-59-51-50(58)49(57)48(56)46(42-53)60-51)52-47(55)41-39-37-35-33-31-29-27-24-20-18-16-14-12-10-8-6-4-2/h6,8,12,14,18,20,38,40,44-46,48-51,53-54,56-58H,3-5,7,9-11,13,15-17,19,21-37,39,41-43H2,1-2H3,(H,52,55)/b8-6-,14-12-,20-18-,40-38+. The topological polar surface area (TPSA) is 149 Å². The fourth-order valence-corrected chi connectivity index (χ4v) is 7.70. The highest BCUT2D eigenvalue weighted by Crippen LogP contribution is 2.23. The molecule has 0 aromatic rings. The Hall–Kier alpha value is -1.85. The molecule has 1 aliphatic heterocycles. The molecule has 9 heteroatoms. The predicted molar refractivity (Wildman–Crippen MR) is 249 cm³/mol. The van der Waals surface area contributed by atoms with Crippen molar-refractivity contribution in [1.82, 2.24) is 5.32 Å². The van der Waals surface area contributed by atoms with Crippen molar-refractivity contribution >= 4 is 5.91 Å². The second-order valence-corrected chi connectivity index (χ2v) is 17.2. The summed E-state index contributed by atoms with van der Waals surface area (Å²) >= 11 is 0. The van der Waals surface area contributed by atoms with Crippen LogP contribution in [-0.2, 0) is 14.3 Å². The third kappa shape index (κ3) is 31.1. The quantitative estimate of drug-likeness (QED) is 0.0263. The summed E-state index contributed by atoms with van der Waals surface area (Å²) in [7, 11) is 0. The van der Waals surface area contributed by atoms with Gasteiger partial charge in [-0.05, 0) is 51.4 Å². The van der Waals surface area contributed by atoms with Crippen LogP contribution in [0.15, 0.2) is 48.6 Å². The minimum absolute atomic E-state index is 0.188. The molecule has 60 heavy (non-hydrogen) atoms. The SMILES string of the molecule is CC/C=C\C/C=C\C/C=C\CCCCCCCCCC(=O)NC(COC1OC(CO)C(O)C(O)C1O)C(O)/C=C/CCCCCCCCCCCCCCCCCCCC. The summed E-state index contributed by atoms with van der Waals surface area (Å²) in [5.74, 6) is -0.188. The zero-order valence-corrected chi connectivity index (χ0v) is 38.5. The number of carbonyl (C=O) groups is 1. The third-order valence-corrected chi connectivity index (χ3v) is 11.7. The monoisotopic (exact) mass is 848 g/mol. The highest BCUT2D eigenvalue weighted by atomic mass is 16.7. The molecule has 0 radical (unpaired) electrons. The number of aliphatic hydroxyl groups is 5. The lowest BCUT2D eigenvalue weighted by Crippen LogP contribution is -2.60. The zero-order chi connectivity index (χ0) is 43.7. The number of carbonyl (C=O) groups excluding carboxylic acids is 1. The van der Waals surface area contributed by atoms with Crippen LogP contribution in [0.2, 0.25) is 0 Å². The van der Waals surface area contributed by atoms with Gasteiger partial charge in [0.25, 0.3) is 0 Å². The predicted octanol–water partition coefficient (Wildman–Crippen LogP) is 11.0. The maximum atomic E-state index is 13.0. The van der Waals surface area contributed by atoms with Crippen molar-refractivity contribution in [2.75, 3.05) is 13.2 Å². The van der Waals surface area contributed by atoms with Gasteiger partial charge in [-0.15, -0.1) is 0 Å². The Morgan fingerprint density at radius 2 is 1.03 bits per heavy atom. The molecule has 7 unspecified atom stereocenters. The normalized spacial score (nSPS) is 20.9. The molecule has 7 atom stereocenters. The Balaban J connectivity index is 2.32. The summed E-state index contributed by atoms with van der Waals surface area (Å²) in [6, 6.07) is -0.811. The number of rotatable bonds is 41. The molecule has 0 aromatic carbocycles. The molecule has 1 saturated heterocycles. The van der Waals surface area contributed by atoms with Gasteiger partial charge in [-0.25, -0.2) is 0 Å². The first-order valence-electron chi connectivity index (χ1n) is 24.9. The van der Waals surface area contributed by atoms with Crippen molar-refractivity contribution in [2.45, 2.75) is 256 Å². The van der Waals surface area contributed by atoms with Crippen molar-refractivity contribution in [2.24, 2.45) is 0 Å². The number of unbranched alkanes of at least 4 members (excludes halogenated alkanes) is 25. The molecule has 6 N–H and O–H groups in total. The molecule has 1 aliphatic rings. The molecule has 0 spiro atoms. The number of hydrogen-bond acceptors (Lipinski definition) is 8. The smallest absolute Gasteiger partial charge is 0.220 e. The van der Waals surface area contributed by atoms with Gasteiger partial charge < -0.3 is 40.3 Å². The molecule has 0 aromatic heterocycles. The van der Waals surface area contributed by atoms with E-state index in [1.54, 1.807) is 6.08 Å². The molecule has 1 heterocycles. The van der Waals surface area contributed by atoms with E-state index in [2.05, 4.69) is 55.6 Å². The lowest BCUT2D eigenvalue weighted by atomic mass is 9.99. The van der Waals surface area contributed by atoms with Crippen LogP contribution in [-0.4, -0.2) is 87.5 Å². The molecule has 0 bridgehead atoms. The van der Waals surface area contributed by atoms with Gasteiger partial charge >= 0.3 is 0 Å². The maximum Gasteiger partial charge on any atom is 0.220 e. The summed E-state index contributed by atoms with van der Waals surface area (Å²) in [5.41, 5.74) is 0. The average Bonchev–Trinajstić information content (AvgIpc) is 3.25. The van der Waals surface area contributed by atoms with Crippen molar-refractivity contribution in [3.8, 4) is 0 Å². The van der Waals surface area contributed by atoms with Gasteiger partial charge in [0, 0.05) is 6.42 Å². The second kappa shape index (κ2) is 41.2. The lowest BCUT2D eigenvalue weighted by Gasteiger charge is -2.40. The Morgan fingerprint density at radius 3 is 1.53 bits per heavy atom. The van der Waals surface area contributed by atoms with Crippen molar-refractivity contribution in [3.05, 3.63) is 48.6 Å². The van der Waals surface area contributed by atoms with E-state index in [4.69, 9.17) is 9.47 Å². The van der Waals surface area contributed by atoms with E-state index < -0.39 is 49.5 Å². The summed E-state index contributed by atoms with van der Waals surface area (Å²) in [6.45, 7) is 3.67. The zero-order valence-electron chi connectivity index (χ0n) is 38.5. The van der Waals surface area contributed by atoms with Gasteiger partial charge in [0.2, 0.25) is 5.91 Å². The number of hydrogen-bond donors (Lipinski definition) is 6. The van der Waals surface area contributed by atoms with Crippen LogP contribution in [0.3, 0.4) is 0 Å². The third-order valence-electron chi connectivity index (χ3n) is 11.7. The fourth-order valence-electron chi connectivity index (χ4n) is 7.70. The van der Waals surface area contributed by atoms with E-state index in [0.717, 1.165) is 70.6 Å². The molecule has 0 aliphatic carbocycles. The van der Waals surface area contributed by atoms with Gasteiger partial charge in [-0.2, -0.15) is 0 Å². The van der Waals surface area contributed by atoms with Crippen molar-refractivity contribution in [3.63, 3.8) is 0 Å². The second-order valence-electron chi connectivity index (χ2n) is 17.2. The van der Waals surface area contributed by atoms with E-state index in [9.17, 15) is 30.3 Å². The summed E-state index contributed by atoms with van der Waals surface area (Å²) < 4.78 is 11.2. The molecule has 9 nitrogen and oxygen atoms in total. The number of allylic oxidation sites excluding steroid dienone is 7. The molecule has 1 rings (SSSR count). The van der Waals surface area contributed by atoms with Gasteiger partial charge in [0.05, 0.1) is 25.4 Å². The van der Waals surface area contributed by atoms with Gasteiger partial charge in [0.15, 0.2) is 6.29 Å². The van der Waals surface area contributed by atoms with E-state index in [1.807, 2.05) is 6.08 Å². The molecule has 0 saturated carbocycles. The molecular weight excluding hydrogens is 755 g/mol. The number of amides is 1. The fraction of sp³-hybridized carbons (Fsp3) is 0.824. The summed E-state index contributed by atoms with van der Waals surface area (Å²) in [4.78, 5) is 13.0. The number of nitrogens with one attached hydrogen (secondary N) is 1. The Labute approximate surface area is 367 Å². The summed E-state index contributed by atoms with van der Waals surface area (Å²) in [6.07, 6.45) is 45.8. The largest absolute Gasteiger partial charge is 0.394 e. The van der Waals surface area contributed by atoms with Crippen LogP contribution in [0.1, 0.15) is 213 Å². The van der Waals surface area contributed by atoms with Gasteiger partial charge in [-0.1, -0.05) is 204 Å². The Morgan fingerprint density at radius 1 is 0.583 bits per heavy atom. The first kappa shape index (κ1) is 56.2. The first-order chi connectivity index (χ1) is 29.3. The number of aliphatic hydroxyl groups excluding tert-OH is 5. The molecular formula is C51H93NO8. The highest BCUT2D eigenvalue weighted by molar-refractivity contribution is 5.76.